The van der Waals surface area contributed by atoms with Crippen molar-refractivity contribution in [2.75, 3.05) is 18.6 Å². The Morgan fingerprint density at radius 2 is 1.21 bits per heavy atom. The maximum Gasteiger partial charge on any atom is 0.519 e. The second kappa shape index (κ2) is 12.8. The third kappa shape index (κ3) is 16.8. The van der Waals surface area contributed by atoms with Gasteiger partial charge in [0.15, 0.2) is 5.79 Å². The minimum Gasteiger partial charge on any atom is -0.444 e. The highest BCUT2D eigenvalue weighted by Gasteiger charge is 2.41. The lowest BCUT2D eigenvalue weighted by Gasteiger charge is -2.21. The molecule has 1 N–H and O–H groups in total. The fourth-order valence-corrected chi connectivity index (χ4v) is 3.11. The van der Waals surface area contributed by atoms with Crippen LogP contribution < -0.4 is 5.32 Å². The lowest BCUT2D eigenvalue weighted by atomic mass is 10.2. The van der Waals surface area contributed by atoms with Crippen LogP contribution in [0.4, 0.5) is 14.4 Å². The van der Waals surface area contributed by atoms with Gasteiger partial charge < -0.3 is 33.7 Å². The maximum absolute atomic E-state index is 11.6. The Bertz CT molecular complexity index is 649. The van der Waals surface area contributed by atoms with E-state index in [1.54, 1.807) is 53.3 Å². The zero-order valence-electron chi connectivity index (χ0n) is 22.7. The second-order valence-corrected chi connectivity index (χ2v) is 12.0. The summed E-state index contributed by atoms with van der Waals surface area (Å²) in [6, 6.07) is 0. The number of alkyl carbamates (subject to hydrolysis) is 1. The normalized spacial score (nSPS) is 19.9. The van der Waals surface area contributed by atoms with Crippen molar-refractivity contribution in [2.45, 2.75) is 111 Å². The first-order valence-corrected chi connectivity index (χ1v) is 12.5. The van der Waals surface area contributed by atoms with E-state index in [9.17, 15) is 14.4 Å². The molecule has 0 bridgehead atoms. The lowest BCUT2D eigenvalue weighted by Crippen LogP contribution is -2.40. The number of carbonyl (C=O) groups is 3. The van der Waals surface area contributed by atoms with Crippen LogP contribution in [0.15, 0.2) is 0 Å². The molecule has 1 aliphatic heterocycles. The van der Waals surface area contributed by atoms with E-state index in [0.29, 0.717) is 6.54 Å². The van der Waals surface area contributed by atoms with E-state index in [1.807, 2.05) is 40.9 Å². The molecule has 0 aliphatic carbocycles. The van der Waals surface area contributed by atoms with Gasteiger partial charge in [0.25, 0.3) is 0 Å². The summed E-state index contributed by atoms with van der Waals surface area (Å²) in [6.45, 7) is 19.7. The first kappa shape index (κ1) is 32.3. The van der Waals surface area contributed by atoms with Gasteiger partial charge in [0.2, 0.25) is 0 Å². The minimum absolute atomic E-state index is 0.0139. The predicted octanol–water partition coefficient (Wildman–Crippen LogP) is 5.27. The van der Waals surface area contributed by atoms with Gasteiger partial charge >= 0.3 is 18.4 Å². The van der Waals surface area contributed by atoms with Crippen LogP contribution in [0.3, 0.4) is 0 Å². The quantitative estimate of drug-likeness (QED) is 0.305. The lowest BCUT2D eigenvalue weighted by molar-refractivity contribution is -0.144. The number of rotatable bonds is 4. The molecule has 1 saturated heterocycles. The van der Waals surface area contributed by atoms with Crippen molar-refractivity contribution in [2.24, 2.45) is 0 Å². The molecule has 200 valence electrons. The van der Waals surface area contributed by atoms with Crippen molar-refractivity contribution in [3.8, 4) is 0 Å². The second-order valence-electron chi connectivity index (χ2n) is 11.1. The molecule has 1 aliphatic rings. The van der Waals surface area contributed by atoms with Crippen LogP contribution in [-0.4, -0.2) is 71.8 Å². The number of hydrogen-bond acceptors (Lipinski definition) is 10. The Morgan fingerprint density at radius 1 is 0.794 bits per heavy atom. The first-order valence-electron chi connectivity index (χ1n) is 11.1. The summed E-state index contributed by atoms with van der Waals surface area (Å²) in [5, 5.41) is 2.73. The van der Waals surface area contributed by atoms with Crippen molar-refractivity contribution in [1.82, 2.24) is 5.32 Å². The number of nitrogens with one attached hydrogen (secondary N) is 1. The Balaban J connectivity index is 0.000000661. The maximum atomic E-state index is 11.6. The summed E-state index contributed by atoms with van der Waals surface area (Å²) < 4.78 is 30.6. The van der Waals surface area contributed by atoms with E-state index >= 15 is 0 Å². The molecular formula is C23H43NO9S. The molecule has 1 heterocycles. The summed E-state index contributed by atoms with van der Waals surface area (Å²) in [5.74, 6) is 0.241. The number of ether oxygens (including phenoxy) is 6. The average molecular weight is 510 g/mol. The van der Waals surface area contributed by atoms with Crippen molar-refractivity contribution in [1.29, 1.82) is 0 Å². The summed E-state index contributed by atoms with van der Waals surface area (Å²) in [7, 11) is 0. The standard InChI is InChI=1S/C13H25NO4S.C10H18O5/c1-12(2,3)18-11(15)14-7-9-10(8-19-6)17-13(4,5)16-9;1-9(2,3)14-7(11)13-8(12)15-10(4,5)6/h9-10H,7-8H2,1-6H3,(H,14,15);1-6H3/t9-,10-;/m0./s1. The zero-order valence-corrected chi connectivity index (χ0v) is 23.5. The fraction of sp³-hybridized carbons (Fsp3) is 0.870. The predicted molar refractivity (Wildman–Crippen MR) is 130 cm³/mol. The Morgan fingerprint density at radius 3 is 1.59 bits per heavy atom. The third-order valence-electron chi connectivity index (χ3n) is 3.41. The Labute approximate surface area is 208 Å². The summed E-state index contributed by atoms with van der Waals surface area (Å²) in [4.78, 5) is 33.6. The summed E-state index contributed by atoms with van der Waals surface area (Å²) in [5.41, 5.74) is -1.88. The van der Waals surface area contributed by atoms with Crippen molar-refractivity contribution in [3.05, 3.63) is 0 Å². The van der Waals surface area contributed by atoms with Gasteiger partial charge in [0.1, 0.15) is 22.9 Å². The van der Waals surface area contributed by atoms with E-state index in [4.69, 9.17) is 23.7 Å². The fourth-order valence-electron chi connectivity index (χ4n) is 2.50. The van der Waals surface area contributed by atoms with E-state index in [0.717, 1.165) is 5.75 Å². The van der Waals surface area contributed by atoms with Crippen molar-refractivity contribution < 1.29 is 42.8 Å². The monoisotopic (exact) mass is 509 g/mol. The van der Waals surface area contributed by atoms with Gasteiger partial charge in [-0.3, -0.25) is 0 Å². The number of hydrogen-bond donors (Lipinski definition) is 1. The van der Waals surface area contributed by atoms with E-state index in [2.05, 4.69) is 10.1 Å². The highest BCUT2D eigenvalue weighted by Crippen LogP contribution is 2.29. The minimum atomic E-state index is -1.06. The number of carbonyl (C=O) groups excluding carboxylic acids is 3. The molecule has 1 rings (SSSR count). The molecule has 1 fully saturated rings. The molecule has 0 aromatic carbocycles. The Hall–Kier alpha value is -1.72. The summed E-state index contributed by atoms with van der Waals surface area (Å²) >= 11 is 1.70. The molecule has 1 amide bonds. The largest absolute Gasteiger partial charge is 0.519 e. The molecule has 0 aromatic heterocycles. The Kier molecular flexibility index (Phi) is 12.2. The van der Waals surface area contributed by atoms with E-state index in [-0.39, 0.29) is 12.2 Å². The van der Waals surface area contributed by atoms with Crippen LogP contribution in [0, 0.1) is 0 Å². The molecule has 10 nitrogen and oxygen atoms in total. The van der Waals surface area contributed by atoms with Gasteiger partial charge in [-0.05, 0) is 82.4 Å². The van der Waals surface area contributed by atoms with Gasteiger partial charge in [0, 0.05) is 12.3 Å². The molecule has 11 heteroatoms. The van der Waals surface area contributed by atoms with Crippen LogP contribution in [0.5, 0.6) is 0 Å². The topological polar surface area (TPSA) is 119 Å². The molecule has 2 atom stereocenters. The van der Waals surface area contributed by atoms with E-state index in [1.165, 1.54) is 0 Å². The molecule has 0 radical (unpaired) electrons. The van der Waals surface area contributed by atoms with Gasteiger partial charge in [0.05, 0.1) is 6.10 Å². The van der Waals surface area contributed by atoms with Crippen molar-refractivity contribution >= 4 is 30.2 Å². The number of amides is 1. The molecular weight excluding hydrogens is 466 g/mol. The third-order valence-corrected chi connectivity index (χ3v) is 4.07. The molecule has 0 spiro atoms. The van der Waals surface area contributed by atoms with Crippen LogP contribution in [-0.2, 0) is 28.4 Å². The molecule has 0 aromatic rings. The first-order chi connectivity index (χ1) is 15.1. The van der Waals surface area contributed by atoms with Crippen LogP contribution in [0.2, 0.25) is 0 Å². The van der Waals surface area contributed by atoms with Crippen LogP contribution >= 0.6 is 11.8 Å². The smallest absolute Gasteiger partial charge is 0.444 e. The van der Waals surface area contributed by atoms with Crippen LogP contribution in [0.25, 0.3) is 0 Å². The number of thioether (sulfide) groups is 1. The SMILES string of the molecule is CC(C)(C)OC(=O)OC(=O)OC(C)(C)C.CSC[C@@H]1OC(C)(C)O[C@H]1CNC(=O)OC(C)(C)C. The van der Waals surface area contributed by atoms with Gasteiger partial charge in [-0.1, -0.05) is 0 Å². The highest BCUT2D eigenvalue weighted by atomic mass is 32.2. The van der Waals surface area contributed by atoms with Crippen LogP contribution in [0.1, 0.15) is 76.2 Å². The molecule has 0 unspecified atom stereocenters. The molecule has 0 saturated carbocycles. The molecule has 34 heavy (non-hydrogen) atoms. The van der Waals surface area contributed by atoms with Gasteiger partial charge in [-0.25, -0.2) is 14.4 Å². The van der Waals surface area contributed by atoms with Gasteiger partial charge in [-0.2, -0.15) is 11.8 Å². The average Bonchev–Trinajstić information content (AvgIpc) is 2.82. The zero-order chi connectivity index (χ0) is 27.0. The highest BCUT2D eigenvalue weighted by molar-refractivity contribution is 7.98. The van der Waals surface area contributed by atoms with Crippen molar-refractivity contribution in [3.63, 3.8) is 0 Å². The summed E-state index contributed by atoms with van der Waals surface area (Å²) in [6.07, 6.45) is -0.681. The van der Waals surface area contributed by atoms with E-state index < -0.39 is 41.0 Å². The van der Waals surface area contributed by atoms with Gasteiger partial charge in [-0.15, -0.1) is 0 Å².